The molecule has 2 aromatic heterocycles. The maximum atomic E-state index is 5.74. The molecule has 0 saturated carbocycles. The summed E-state index contributed by atoms with van der Waals surface area (Å²) in [6.45, 7) is 4.18. The van der Waals surface area contributed by atoms with Gasteiger partial charge in [0.25, 0.3) is 0 Å². The standard InChI is InChI=1S/C25H29N5O3/c1-4-18-5-7-20(8-6-18)17-30-24-22(16-27-30)23(28-25(29-24)33-14-13-31-2)26-15-19-9-11-21(32-3)12-10-19/h5-12,16H,4,13-15,17H2,1-3H3,(H,26,28,29). The predicted octanol–water partition coefficient (Wildman–Crippen LogP) is 4.08. The number of rotatable bonds is 11. The van der Waals surface area contributed by atoms with Gasteiger partial charge in [-0.2, -0.15) is 15.1 Å². The van der Waals surface area contributed by atoms with Crippen molar-refractivity contribution in [3.8, 4) is 11.8 Å². The molecule has 4 rings (SSSR count). The molecular formula is C25H29N5O3. The third-order valence-corrected chi connectivity index (χ3v) is 5.38. The number of hydrogen-bond acceptors (Lipinski definition) is 7. The summed E-state index contributed by atoms with van der Waals surface area (Å²) in [7, 11) is 3.29. The van der Waals surface area contributed by atoms with Crippen molar-refractivity contribution in [3.63, 3.8) is 0 Å². The van der Waals surface area contributed by atoms with Gasteiger partial charge in [-0.3, -0.25) is 0 Å². The van der Waals surface area contributed by atoms with Gasteiger partial charge in [0, 0.05) is 13.7 Å². The molecule has 0 bridgehead atoms. The quantitative estimate of drug-likeness (QED) is 0.347. The highest BCUT2D eigenvalue weighted by Gasteiger charge is 2.14. The van der Waals surface area contributed by atoms with Crippen LogP contribution in [-0.2, 0) is 24.2 Å². The number of aromatic nitrogens is 4. The van der Waals surface area contributed by atoms with Crippen LogP contribution in [0.1, 0.15) is 23.6 Å². The number of anilines is 1. The number of nitrogens with one attached hydrogen (secondary N) is 1. The minimum atomic E-state index is 0.292. The smallest absolute Gasteiger partial charge is 0.320 e. The number of nitrogens with zero attached hydrogens (tertiary/aromatic N) is 4. The largest absolute Gasteiger partial charge is 0.497 e. The highest BCUT2D eigenvalue weighted by Crippen LogP contribution is 2.24. The van der Waals surface area contributed by atoms with Crippen molar-refractivity contribution in [3.05, 3.63) is 71.4 Å². The van der Waals surface area contributed by atoms with Crippen molar-refractivity contribution in [2.45, 2.75) is 26.4 Å². The summed E-state index contributed by atoms with van der Waals surface area (Å²) in [5, 5.41) is 8.83. The van der Waals surface area contributed by atoms with Crippen LogP contribution in [0.25, 0.3) is 11.0 Å². The Hall–Kier alpha value is -3.65. The lowest BCUT2D eigenvalue weighted by molar-refractivity contribution is 0.141. The van der Waals surface area contributed by atoms with Gasteiger partial charge >= 0.3 is 6.01 Å². The molecule has 0 spiro atoms. The summed E-state index contributed by atoms with van der Waals surface area (Å²) in [4.78, 5) is 9.22. The lowest BCUT2D eigenvalue weighted by Gasteiger charge is -2.11. The van der Waals surface area contributed by atoms with E-state index < -0.39 is 0 Å². The number of aryl methyl sites for hydroxylation is 1. The zero-order valence-electron chi connectivity index (χ0n) is 19.2. The van der Waals surface area contributed by atoms with Crippen molar-refractivity contribution >= 4 is 16.9 Å². The van der Waals surface area contributed by atoms with E-state index in [1.807, 2.05) is 28.9 Å². The Morgan fingerprint density at radius 1 is 0.879 bits per heavy atom. The second kappa shape index (κ2) is 10.8. The van der Waals surface area contributed by atoms with E-state index in [0.717, 1.165) is 28.7 Å². The molecule has 0 aliphatic rings. The molecule has 33 heavy (non-hydrogen) atoms. The molecule has 172 valence electrons. The minimum absolute atomic E-state index is 0.292. The number of ether oxygens (including phenoxy) is 3. The van der Waals surface area contributed by atoms with E-state index in [-0.39, 0.29) is 0 Å². The molecule has 4 aromatic rings. The first-order valence-corrected chi connectivity index (χ1v) is 11.0. The van der Waals surface area contributed by atoms with Crippen LogP contribution in [0.3, 0.4) is 0 Å². The van der Waals surface area contributed by atoms with Crippen LogP contribution < -0.4 is 14.8 Å². The minimum Gasteiger partial charge on any atom is -0.497 e. The number of hydrogen-bond donors (Lipinski definition) is 1. The summed E-state index contributed by atoms with van der Waals surface area (Å²) < 4.78 is 17.9. The Balaban J connectivity index is 1.60. The number of benzene rings is 2. The summed E-state index contributed by atoms with van der Waals surface area (Å²) in [6.07, 6.45) is 2.81. The molecule has 0 amide bonds. The van der Waals surface area contributed by atoms with Gasteiger partial charge in [-0.1, -0.05) is 43.3 Å². The fourth-order valence-electron chi connectivity index (χ4n) is 3.45. The Labute approximate surface area is 193 Å². The second-order valence-electron chi connectivity index (χ2n) is 7.61. The van der Waals surface area contributed by atoms with Gasteiger partial charge < -0.3 is 19.5 Å². The van der Waals surface area contributed by atoms with Crippen molar-refractivity contribution in [2.24, 2.45) is 0 Å². The first kappa shape index (κ1) is 22.5. The van der Waals surface area contributed by atoms with Crippen molar-refractivity contribution in [1.82, 2.24) is 19.7 Å². The van der Waals surface area contributed by atoms with E-state index in [9.17, 15) is 0 Å². The van der Waals surface area contributed by atoms with Gasteiger partial charge in [0.15, 0.2) is 5.65 Å². The van der Waals surface area contributed by atoms with E-state index in [4.69, 9.17) is 14.2 Å². The summed E-state index contributed by atoms with van der Waals surface area (Å²) in [5.41, 5.74) is 4.29. The molecule has 0 unspecified atom stereocenters. The fourth-order valence-corrected chi connectivity index (χ4v) is 3.45. The number of methoxy groups -OCH3 is 2. The molecule has 2 aromatic carbocycles. The lowest BCUT2D eigenvalue weighted by atomic mass is 10.1. The molecule has 0 atom stereocenters. The van der Waals surface area contributed by atoms with Crippen LogP contribution in [0.2, 0.25) is 0 Å². The van der Waals surface area contributed by atoms with Crippen LogP contribution >= 0.6 is 0 Å². The average Bonchev–Trinajstić information content (AvgIpc) is 3.26. The van der Waals surface area contributed by atoms with E-state index >= 15 is 0 Å². The predicted molar refractivity (Wildman–Crippen MR) is 128 cm³/mol. The van der Waals surface area contributed by atoms with Crippen molar-refractivity contribution < 1.29 is 14.2 Å². The van der Waals surface area contributed by atoms with Crippen molar-refractivity contribution in [2.75, 3.05) is 32.8 Å². The fraction of sp³-hybridized carbons (Fsp3) is 0.320. The molecule has 2 heterocycles. The van der Waals surface area contributed by atoms with E-state index in [1.165, 1.54) is 5.56 Å². The highest BCUT2D eigenvalue weighted by atomic mass is 16.5. The van der Waals surface area contributed by atoms with Crippen LogP contribution in [0.15, 0.2) is 54.7 Å². The van der Waals surface area contributed by atoms with Crippen LogP contribution in [-0.4, -0.2) is 47.2 Å². The van der Waals surface area contributed by atoms with Gasteiger partial charge in [-0.15, -0.1) is 0 Å². The maximum Gasteiger partial charge on any atom is 0.320 e. The van der Waals surface area contributed by atoms with Crippen LogP contribution in [0, 0.1) is 0 Å². The molecule has 0 radical (unpaired) electrons. The zero-order chi connectivity index (χ0) is 23.0. The molecule has 0 saturated heterocycles. The molecular weight excluding hydrogens is 418 g/mol. The van der Waals surface area contributed by atoms with Gasteiger partial charge in [0.05, 0.1) is 31.8 Å². The Bertz CT molecular complexity index is 1170. The topological polar surface area (TPSA) is 83.3 Å². The third kappa shape index (κ3) is 5.59. The first-order chi connectivity index (χ1) is 16.2. The summed E-state index contributed by atoms with van der Waals surface area (Å²) in [5.74, 6) is 1.50. The average molecular weight is 448 g/mol. The molecule has 1 N–H and O–H groups in total. The van der Waals surface area contributed by atoms with Gasteiger partial charge in [0.2, 0.25) is 0 Å². The normalized spacial score (nSPS) is 11.0. The highest BCUT2D eigenvalue weighted by molar-refractivity contribution is 5.86. The van der Waals surface area contributed by atoms with Crippen LogP contribution in [0.5, 0.6) is 11.8 Å². The molecule has 8 nitrogen and oxygen atoms in total. The number of fused-ring (bicyclic) bond motifs is 1. The monoisotopic (exact) mass is 447 g/mol. The molecule has 0 aliphatic carbocycles. The van der Waals surface area contributed by atoms with Crippen molar-refractivity contribution in [1.29, 1.82) is 0 Å². The summed E-state index contributed by atoms with van der Waals surface area (Å²) >= 11 is 0. The zero-order valence-corrected chi connectivity index (χ0v) is 19.2. The Morgan fingerprint density at radius 2 is 1.61 bits per heavy atom. The molecule has 8 heteroatoms. The molecule has 0 aliphatic heterocycles. The Kier molecular flexibility index (Phi) is 7.36. The SMILES string of the molecule is CCc1ccc(Cn2ncc3c(NCc4ccc(OC)cc4)nc(OCCOC)nc32)cc1. The van der Waals surface area contributed by atoms with E-state index in [2.05, 4.69) is 51.6 Å². The van der Waals surface area contributed by atoms with Gasteiger partial charge in [-0.25, -0.2) is 4.68 Å². The van der Waals surface area contributed by atoms with Gasteiger partial charge in [-0.05, 0) is 35.2 Å². The maximum absolute atomic E-state index is 5.74. The second-order valence-corrected chi connectivity index (χ2v) is 7.61. The third-order valence-electron chi connectivity index (χ3n) is 5.38. The summed E-state index contributed by atoms with van der Waals surface area (Å²) in [6, 6.07) is 16.8. The van der Waals surface area contributed by atoms with E-state index in [1.54, 1.807) is 20.4 Å². The van der Waals surface area contributed by atoms with Gasteiger partial charge in [0.1, 0.15) is 18.2 Å². The molecule has 0 fully saturated rings. The van der Waals surface area contributed by atoms with Crippen LogP contribution in [0.4, 0.5) is 5.82 Å². The Morgan fingerprint density at radius 3 is 2.30 bits per heavy atom. The van der Waals surface area contributed by atoms with E-state index in [0.29, 0.717) is 43.8 Å². The lowest BCUT2D eigenvalue weighted by Crippen LogP contribution is -2.10. The first-order valence-electron chi connectivity index (χ1n) is 11.0.